The van der Waals surface area contributed by atoms with Crippen molar-refractivity contribution < 1.29 is 19.0 Å². The second-order valence-corrected chi connectivity index (χ2v) is 5.34. The van der Waals surface area contributed by atoms with Gasteiger partial charge in [-0.2, -0.15) is 0 Å². The zero-order valence-electron chi connectivity index (χ0n) is 11.9. The molecule has 6 nitrogen and oxygen atoms in total. The third-order valence-electron chi connectivity index (χ3n) is 3.71. The fraction of sp³-hybridized carbons (Fsp3) is 0.533. The maximum Gasteiger partial charge on any atom is 0.229 e. The molecule has 1 aromatic rings. The van der Waals surface area contributed by atoms with Crippen LogP contribution in [0.4, 0.5) is 11.4 Å². The van der Waals surface area contributed by atoms with Crippen LogP contribution in [0.25, 0.3) is 0 Å². The van der Waals surface area contributed by atoms with E-state index in [-0.39, 0.29) is 11.8 Å². The Bertz CT molecular complexity index is 527. The van der Waals surface area contributed by atoms with Crippen LogP contribution in [0, 0.1) is 5.92 Å². The molecule has 0 spiro atoms. The van der Waals surface area contributed by atoms with E-state index < -0.39 is 0 Å². The lowest BCUT2D eigenvalue weighted by atomic mass is 10.0. The number of carbonyl (C=O) groups is 1. The standard InChI is InChI=1S/C15H20N2O4/c16-11-7-13-14(21-6-2-5-20-13)8-12(11)17-15(18)10-3-1-4-19-9-10/h7-8,10H,1-6,9,16H2,(H,17,18). The molecule has 6 heteroatoms. The van der Waals surface area contributed by atoms with Crippen LogP contribution >= 0.6 is 0 Å². The monoisotopic (exact) mass is 292 g/mol. The molecule has 0 aliphatic carbocycles. The molecule has 3 rings (SSSR count). The van der Waals surface area contributed by atoms with Gasteiger partial charge in [-0.1, -0.05) is 0 Å². The minimum atomic E-state index is -0.117. The van der Waals surface area contributed by atoms with Crippen LogP contribution in [0.15, 0.2) is 12.1 Å². The number of rotatable bonds is 2. The number of carbonyl (C=O) groups excluding carboxylic acids is 1. The zero-order chi connectivity index (χ0) is 14.7. The van der Waals surface area contributed by atoms with Gasteiger partial charge in [0, 0.05) is 25.2 Å². The molecule has 0 saturated carbocycles. The zero-order valence-corrected chi connectivity index (χ0v) is 11.9. The van der Waals surface area contributed by atoms with E-state index in [1.54, 1.807) is 12.1 Å². The van der Waals surface area contributed by atoms with Gasteiger partial charge in [0.2, 0.25) is 5.91 Å². The molecule has 2 heterocycles. The largest absolute Gasteiger partial charge is 0.489 e. The van der Waals surface area contributed by atoms with Crippen molar-refractivity contribution in [3.63, 3.8) is 0 Å². The average Bonchev–Trinajstić information content (AvgIpc) is 2.73. The molecule has 3 N–H and O–H groups in total. The summed E-state index contributed by atoms with van der Waals surface area (Å²) in [5.74, 6) is 1.07. The van der Waals surface area contributed by atoms with Crippen molar-refractivity contribution in [3.05, 3.63) is 12.1 Å². The molecule has 2 aliphatic rings. The van der Waals surface area contributed by atoms with Gasteiger partial charge in [0.1, 0.15) is 0 Å². The van der Waals surface area contributed by atoms with Crippen molar-refractivity contribution in [2.75, 3.05) is 37.5 Å². The maximum absolute atomic E-state index is 12.2. The Kier molecular flexibility index (Phi) is 4.15. The number of nitrogen functional groups attached to an aromatic ring is 1. The molecule has 2 aliphatic heterocycles. The van der Waals surface area contributed by atoms with Gasteiger partial charge in [0.05, 0.1) is 37.1 Å². The lowest BCUT2D eigenvalue weighted by Gasteiger charge is -2.22. The molecule has 1 saturated heterocycles. The number of fused-ring (bicyclic) bond motifs is 1. The van der Waals surface area contributed by atoms with Gasteiger partial charge in [0.25, 0.3) is 0 Å². The Labute approximate surface area is 123 Å². The fourth-order valence-corrected chi connectivity index (χ4v) is 2.51. The van der Waals surface area contributed by atoms with E-state index in [1.165, 1.54) is 0 Å². The molecule has 1 atom stereocenters. The second-order valence-electron chi connectivity index (χ2n) is 5.34. The van der Waals surface area contributed by atoms with Crippen molar-refractivity contribution in [1.29, 1.82) is 0 Å². The quantitative estimate of drug-likeness (QED) is 0.812. The highest BCUT2D eigenvalue weighted by Crippen LogP contribution is 2.36. The molecule has 1 aromatic carbocycles. The Morgan fingerprint density at radius 2 is 1.90 bits per heavy atom. The van der Waals surface area contributed by atoms with Crippen LogP contribution < -0.4 is 20.5 Å². The maximum atomic E-state index is 12.2. The molecule has 1 amide bonds. The summed E-state index contributed by atoms with van der Waals surface area (Å²) in [7, 11) is 0. The van der Waals surface area contributed by atoms with Gasteiger partial charge in [-0.3, -0.25) is 4.79 Å². The minimum Gasteiger partial charge on any atom is -0.489 e. The number of hydrogen-bond acceptors (Lipinski definition) is 5. The number of amides is 1. The summed E-state index contributed by atoms with van der Waals surface area (Å²) in [6, 6.07) is 3.44. The van der Waals surface area contributed by atoms with E-state index >= 15 is 0 Å². The first-order chi connectivity index (χ1) is 10.2. The number of anilines is 2. The second kappa shape index (κ2) is 6.22. The predicted molar refractivity (Wildman–Crippen MR) is 78.6 cm³/mol. The van der Waals surface area contributed by atoms with Crippen LogP contribution in [0.3, 0.4) is 0 Å². The van der Waals surface area contributed by atoms with E-state index in [0.29, 0.717) is 42.7 Å². The molecule has 1 unspecified atom stereocenters. The number of hydrogen-bond donors (Lipinski definition) is 2. The molecule has 0 radical (unpaired) electrons. The highest BCUT2D eigenvalue weighted by Gasteiger charge is 2.23. The highest BCUT2D eigenvalue weighted by molar-refractivity contribution is 5.96. The summed E-state index contributed by atoms with van der Waals surface area (Å²) < 4.78 is 16.5. The normalized spacial score (nSPS) is 21.4. The van der Waals surface area contributed by atoms with Gasteiger partial charge in [-0.15, -0.1) is 0 Å². The number of benzene rings is 1. The van der Waals surface area contributed by atoms with Gasteiger partial charge in [0.15, 0.2) is 11.5 Å². The van der Waals surface area contributed by atoms with Crippen LogP contribution in [0.2, 0.25) is 0 Å². The predicted octanol–water partition coefficient (Wildman–Crippen LogP) is 1.80. The first kappa shape index (κ1) is 14.0. The first-order valence-electron chi connectivity index (χ1n) is 7.32. The van der Waals surface area contributed by atoms with Gasteiger partial charge < -0.3 is 25.3 Å². The SMILES string of the molecule is Nc1cc2c(cc1NC(=O)C1CCCOC1)OCCCO2. The lowest BCUT2D eigenvalue weighted by molar-refractivity contribution is -0.123. The summed E-state index contributed by atoms with van der Waals surface area (Å²) in [6.07, 6.45) is 2.58. The Morgan fingerprint density at radius 1 is 1.14 bits per heavy atom. The Hall–Kier alpha value is -1.95. The number of nitrogens with one attached hydrogen (secondary N) is 1. The molecule has 1 fully saturated rings. The first-order valence-corrected chi connectivity index (χ1v) is 7.32. The summed E-state index contributed by atoms with van der Waals surface area (Å²) in [5.41, 5.74) is 7.03. The minimum absolute atomic E-state index is 0.0594. The summed E-state index contributed by atoms with van der Waals surface area (Å²) in [4.78, 5) is 12.2. The molecule has 21 heavy (non-hydrogen) atoms. The van der Waals surface area contributed by atoms with Crippen LogP contribution in [0.5, 0.6) is 11.5 Å². The molecule has 114 valence electrons. The van der Waals surface area contributed by atoms with Crippen molar-refractivity contribution >= 4 is 17.3 Å². The van der Waals surface area contributed by atoms with Crippen LogP contribution in [0.1, 0.15) is 19.3 Å². The van der Waals surface area contributed by atoms with Gasteiger partial charge in [-0.05, 0) is 12.8 Å². The third kappa shape index (κ3) is 3.21. The Balaban J connectivity index is 1.75. The number of ether oxygens (including phenoxy) is 3. The van der Waals surface area contributed by atoms with Crippen LogP contribution in [-0.4, -0.2) is 32.3 Å². The average molecular weight is 292 g/mol. The molecule has 0 aromatic heterocycles. The van der Waals surface area contributed by atoms with Crippen LogP contribution in [-0.2, 0) is 9.53 Å². The van der Waals surface area contributed by atoms with E-state index in [4.69, 9.17) is 19.9 Å². The van der Waals surface area contributed by atoms with E-state index in [2.05, 4.69) is 5.32 Å². The van der Waals surface area contributed by atoms with Crippen molar-refractivity contribution in [2.45, 2.75) is 19.3 Å². The van der Waals surface area contributed by atoms with Crippen molar-refractivity contribution in [3.8, 4) is 11.5 Å². The lowest BCUT2D eigenvalue weighted by Crippen LogP contribution is -2.30. The molecular weight excluding hydrogens is 272 g/mol. The van der Waals surface area contributed by atoms with E-state index in [1.807, 2.05) is 0 Å². The van der Waals surface area contributed by atoms with Crippen molar-refractivity contribution in [2.24, 2.45) is 5.92 Å². The smallest absolute Gasteiger partial charge is 0.229 e. The Morgan fingerprint density at radius 3 is 2.62 bits per heavy atom. The topological polar surface area (TPSA) is 82.8 Å². The molecular formula is C15H20N2O4. The summed E-state index contributed by atoms with van der Waals surface area (Å²) in [6.45, 7) is 2.41. The summed E-state index contributed by atoms with van der Waals surface area (Å²) >= 11 is 0. The highest BCUT2D eigenvalue weighted by atomic mass is 16.5. The van der Waals surface area contributed by atoms with E-state index in [0.717, 1.165) is 25.9 Å². The van der Waals surface area contributed by atoms with Crippen molar-refractivity contribution in [1.82, 2.24) is 0 Å². The van der Waals surface area contributed by atoms with Gasteiger partial charge in [-0.25, -0.2) is 0 Å². The summed E-state index contributed by atoms with van der Waals surface area (Å²) in [5, 5.41) is 2.87. The van der Waals surface area contributed by atoms with E-state index in [9.17, 15) is 4.79 Å². The van der Waals surface area contributed by atoms with Gasteiger partial charge >= 0.3 is 0 Å². The molecule has 0 bridgehead atoms. The fourth-order valence-electron chi connectivity index (χ4n) is 2.51. The third-order valence-corrected chi connectivity index (χ3v) is 3.71. The number of nitrogens with two attached hydrogens (primary N) is 1.